The van der Waals surface area contributed by atoms with Gasteiger partial charge in [0.2, 0.25) is 0 Å². The molecule has 0 aromatic carbocycles. The minimum atomic E-state index is -0.867. The molecule has 0 saturated heterocycles. The van der Waals surface area contributed by atoms with Crippen LogP contribution in [-0.4, -0.2) is 36.6 Å². The number of rotatable bonds is 5. The Labute approximate surface area is 99.3 Å². The van der Waals surface area contributed by atoms with E-state index in [-0.39, 0.29) is 5.75 Å². The molecule has 0 atom stereocenters. The number of aromatic nitrogens is 4. The van der Waals surface area contributed by atoms with Crippen molar-refractivity contribution < 1.29 is 9.90 Å². The average molecular weight is 256 g/mol. The van der Waals surface area contributed by atoms with E-state index in [1.807, 2.05) is 5.38 Å². The second-order valence-electron chi connectivity index (χ2n) is 2.90. The van der Waals surface area contributed by atoms with E-state index >= 15 is 0 Å². The number of carboxylic acid groups (broad SMARTS) is 1. The third kappa shape index (κ3) is 2.80. The fourth-order valence-electron chi connectivity index (χ4n) is 1.08. The Morgan fingerprint density at radius 3 is 3.19 bits per heavy atom. The summed E-state index contributed by atoms with van der Waals surface area (Å²) in [6.45, 7) is 0.568. The number of thioether (sulfide) groups is 1. The van der Waals surface area contributed by atoms with Crippen LogP contribution in [0.1, 0.15) is 5.69 Å². The Balaban J connectivity index is 2.04. The molecule has 0 unspecified atom stereocenters. The summed E-state index contributed by atoms with van der Waals surface area (Å²) in [5, 5.41) is 18.7. The molecule has 0 bridgehead atoms. The molecule has 84 valence electrons. The molecule has 6 nitrogen and oxygen atoms in total. The molecule has 0 saturated carbocycles. The number of aliphatic carboxylic acids is 1. The summed E-state index contributed by atoms with van der Waals surface area (Å²) in [4.78, 5) is 14.6. The standard InChI is InChI=1S/C8H8N4O2S2/c13-7(14)3-16-8-11-10-4-12(8)1-6-2-15-5-9-6/h2,4-5H,1,3H2,(H,13,14). The lowest BCUT2D eigenvalue weighted by atomic mass is 10.5. The van der Waals surface area contributed by atoms with Crippen LogP contribution >= 0.6 is 23.1 Å². The van der Waals surface area contributed by atoms with Crippen molar-refractivity contribution in [2.45, 2.75) is 11.7 Å². The lowest BCUT2D eigenvalue weighted by Crippen LogP contribution is -2.03. The lowest BCUT2D eigenvalue weighted by molar-refractivity contribution is -0.133. The van der Waals surface area contributed by atoms with Crippen molar-refractivity contribution in [3.8, 4) is 0 Å². The maximum atomic E-state index is 10.4. The van der Waals surface area contributed by atoms with E-state index in [0.29, 0.717) is 11.7 Å². The molecule has 0 amide bonds. The molecular weight excluding hydrogens is 248 g/mol. The molecule has 16 heavy (non-hydrogen) atoms. The van der Waals surface area contributed by atoms with Crippen LogP contribution in [0.4, 0.5) is 0 Å². The summed E-state index contributed by atoms with van der Waals surface area (Å²) in [6, 6.07) is 0. The SMILES string of the molecule is O=C(O)CSc1nncn1Cc1cscn1. The summed E-state index contributed by atoms with van der Waals surface area (Å²) in [7, 11) is 0. The van der Waals surface area contributed by atoms with Crippen LogP contribution in [0.25, 0.3) is 0 Å². The Hall–Kier alpha value is -1.41. The van der Waals surface area contributed by atoms with E-state index in [1.54, 1.807) is 16.4 Å². The second kappa shape index (κ2) is 5.08. The highest BCUT2D eigenvalue weighted by atomic mass is 32.2. The maximum absolute atomic E-state index is 10.4. The molecule has 2 heterocycles. The number of hydrogen-bond donors (Lipinski definition) is 1. The van der Waals surface area contributed by atoms with Crippen molar-refractivity contribution in [1.82, 2.24) is 19.7 Å². The smallest absolute Gasteiger partial charge is 0.313 e. The molecule has 2 aromatic heterocycles. The number of carboxylic acids is 1. The van der Waals surface area contributed by atoms with E-state index in [2.05, 4.69) is 15.2 Å². The van der Waals surface area contributed by atoms with Crippen LogP contribution < -0.4 is 0 Å². The number of nitrogens with zero attached hydrogens (tertiary/aromatic N) is 4. The van der Waals surface area contributed by atoms with Crippen LogP contribution in [0.5, 0.6) is 0 Å². The predicted octanol–water partition coefficient (Wildman–Crippen LogP) is 0.960. The fourth-order valence-corrected chi connectivity index (χ4v) is 2.27. The highest BCUT2D eigenvalue weighted by Crippen LogP contribution is 2.15. The molecule has 0 aliphatic heterocycles. The van der Waals surface area contributed by atoms with Crippen LogP contribution in [0.15, 0.2) is 22.4 Å². The van der Waals surface area contributed by atoms with Crippen molar-refractivity contribution in [3.63, 3.8) is 0 Å². The van der Waals surface area contributed by atoms with Gasteiger partial charge in [-0.15, -0.1) is 21.5 Å². The molecule has 8 heteroatoms. The van der Waals surface area contributed by atoms with Gasteiger partial charge in [0, 0.05) is 5.38 Å². The van der Waals surface area contributed by atoms with E-state index in [4.69, 9.17) is 5.11 Å². The number of carbonyl (C=O) groups is 1. The summed E-state index contributed by atoms with van der Waals surface area (Å²) in [6.07, 6.45) is 1.57. The third-order valence-electron chi connectivity index (χ3n) is 1.72. The molecule has 0 radical (unpaired) electrons. The zero-order chi connectivity index (χ0) is 11.4. The van der Waals surface area contributed by atoms with Gasteiger partial charge in [-0.3, -0.25) is 4.79 Å². The fraction of sp³-hybridized carbons (Fsp3) is 0.250. The van der Waals surface area contributed by atoms with Gasteiger partial charge in [0.05, 0.1) is 23.5 Å². The van der Waals surface area contributed by atoms with Crippen molar-refractivity contribution in [1.29, 1.82) is 0 Å². The first-order chi connectivity index (χ1) is 7.75. The van der Waals surface area contributed by atoms with Crippen LogP contribution in [0, 0.1) is 0 Å². The summed E-state index contributed by atoms with van der Waals surface area (Å²) in [5.74, 6) is -0.885. The van der Waals surface area contributed by atoms with E-state index in [9.17, 15) is 4.79 Å². The van der Waals surface area contributed by atoms with Gasteiger partial charge in [0.1, 0.15) is 6.33 Å². The molecule has 2 aromatic rings. The van der Waals surface area contributed by atoms with Gasteiger partial charge in [0.15, 0.2) is 5.16 Å². The minimum Gasteiger partial charge on any atom is -0.481 e. The van der Waals surface area contributed by atoms with Gasteiger partial charge in [-0.25, -0.2) is 4.98 Å². The van der Waals surface area contributed by atoms with Crippen LogP contribution in [0.2, 0.25) is 0 Å². The molecule has 2 rings (SSSR count). The van der Waals surface area contributed by atoms with Gasteiger partial charge in [-0.05, 0) is 0 Å². The highest BCUT2D eigenvalue weighted by molar-refractivity contribution is 7.99. The molecule has 0 aliphatic carbocycles. The molecule has 0 fully saturated rings. The Kier molecular flexibility index (Phi) is 3.52. The Morgan fingerprint density at radius 1 is 1.62 bits per heavy atom. The topological polar surface area (TPSA) is 80.9 Å². The lowest BCUT2D eigenvalue weighted by Gasteiger charge is -2.02. The molecule has 1 N–H and O–H groups in total. The van der Waals surface area contributed by atoms with Gasteiger partial charge >= 0.3 is 5.97 Å². The first-order valence-electron chi connectivity index (χ1n) is 4.35. The Morgan fingerprint density at radius 2 is 2.50 bits per heavy atom. The average Bonchev–Trinajstić information content (AvgIpc) is 2.87. The third-order valence-corrected chi connectivity index (χ3v) is 3.32. The highest BCUT2D eigenvalue weighted by Gasteiger charge is 2.08. The molecular formula is C8H8N4O2S2. The maximum Gasteiger partial charge on any atom is 0.313 e. The predicted molar refractivity (Wildman–Crippen MR) is 59.6 cm³/mol. The monoisotopic (exact) mass is 256 g/mol. The van der Waals surface area contributed by atoms with Crippen LogP contribution in [0.3, 0.4) is 0 Å². The van der Waals surface area contributed by atoms with Gasteiger partial charge in [-0.2, -0.15) is 0 Å². The molecule has 0 aliphatic rings. The van der Waals surface area contributed by atoms with E-state index in [0.717, 1.165) is 17.5 Å². The van der Waals surface area contributed by atoms with Gasteiger partial charge in [-0.1, -0.05) is 11.8 Å². The number of hydrogen-bond acceptors (Lipinski definition) is 6. The quantitative estimate of drug-likeness (QED) is 0.802. The van der Waals surface area contributed by atoms with Crippen molar-refractivity contribution >= 4 is 29.1 Å². The van der Waals surface area contributed by atoms with Crippen molar-refractivity contribution in [3.05, 3.63) is 22.9 Å². The largest absolute Gasteiger partial charge is 0.481 e. The minimum absolute atomic E-state index is 0.0181. The van der Waals surface area contributed by atoms with Gasteiger partial charge < -0.3 is 9.67 Å². The van der Waals surface area contributed by atoms with Crippen molar-refractivity contribution in [2.75, 3.05) is 5.75 Å². The zero-order valence-corrected chi connectivity index (χ0v) is 9.74. The summed E-state index contributed by atoms with van der Waals surface area (Å²) >= 11 is 2.67. The van der Waals surface area contributed by atoms with Crippen LogP contribution in [-0.2, 0) is 11.3 Å². The van der Waals surface area contributed by atoms with E-state index in [1.165, 1.54) is 11.3 Å². The first kappa shape index (κ1) is 11.1. The van der Waals surface area contributed by atoms with Crippen molar-refractivity contribution in [2.24, 2.45) is 0 Å². The number of thiazole rings is 1. The summed E-state index contributed by atoms with van der Waals surface area (Å²) < 4.78 is 1.78. The first-order valence-corrected chi connectivity index (χ1v) is 6.28. The normalized spacial score (nSPS) is 10.5. The zero-order valence-electron chi connectivity index (χ0n) is 8.11. The van der Waals surface area contributed by atoms with E-state index < -0.39 is 5.97 Å². The second-order valence-corrected chi connectivity index (χ2v) is 4.56. The molecule has 0 spiro atoms. The van der Waals surface area contributed by atoms with Gasteiger partial charge in [0.25, 0.3) is 0 Å². The summed E-state index contributed by atoms with van der Waals surface area (Å²) in [5.41, 5.74) is 2.67. The Bertz CT molecular complexity index is 468.